The predicted molar refractivity (Wildman–Crippen MR) is 73.0 cm³/mol. The van der Waals surface area contributed by atoms with Gasteiger partial charge in [0.2, 0.25) is 0 Å². The first kappa shape index (κ1) is 14.3. The molecular formula is C15H22FNO2. The Labute approximate surface area is 114 Å². The molecule has 1 heterocycles. The SMILES string of the molecule is CCCNCC1CCC(COc2ccc(F)cc2)O1. The molecule has 1 aliphatic rings. The lowest BCUT2D eigenvalue weighted by Crippen LogP contribution is -2.28. The Balaban J connectivity index is 1.66. The van der Waals surface area contributed by atoms with Gasteiger partial charge in [0, 0.05) is 6.54 Å². The topological polar surface area (TPSA) is 30.5 Å². The summed E-state index contributed by atoms with van der Waals surface area (Å²) in [6.07, 6.45) is 3.70. The van der Waals surface area contributed by atoms with Crippen LogP contribution < -0.4 is 10.1 Å². The lowest BCUT2D eigenvalue weighted by molar-refractivity contribution is 0.0186. The van der Waals surface area contributed by atoms with E-state index < -0.39 is 0 Å². The van der Waals surface area contributed by atoms with Gasteiger partial charge >= 0.3 is 0 Å². The van der Waals surface area contributed by atoms with Crippen LogP contribution in [-0.2, 0) is 4.74 Å². The Bertz CT molecular complexity index is 369. The number of hydrogen-bond donors (Lipinski definition) is 1. The van der Waals surface area contributed by atoms with E-state index in [0.29, 0.717) is 18.5 Å². The minimum Gasteiger partial charge on any atom is -0.491 e. The third-order valence-corrected chi connectivity index (χ3v) is 3.24. The van der Waals surface area contributed by atoms with Crippen molar-refractivity contribution in [1.82, 2.24) is 5.32 Å². The summed E-state index contributed by atoms with van der Waals surface area (Å²) >= 11 is 0. The van der Waals surface area contributed by atoms with E-state index in [9.17, 15) is 4.39 Å². The summed E-state index contributed by atoms with van der Waals surface area (Å²) in [7, 11) is 0. The van der Waals surface area contributed by atoms with Gasteiger partial charge in [0.15, 0.2) is 0 Å². The molecule has 0 aliphatic carbocycles. The van der Waals surface area contributed by atoms with Gasteiger partial charge in [-0.3, -0.25) is 0 Å². The molecule has 2 rings (SSSR count). The molecule has 0 aromatic heterocycles. The van der Waals surface area contributed by atoms with Crippen molar-refractivity contribution in [3.8, 4) is 5.75 Å². The van der Waals surface area contributed by atoms with E-state index in [0.717, 1.165) is 32.4 Å². The van der Waals surface area contributed by atoms with Crippen LogP contribution in [0.4, 0.5) is 4.39 Å². The average Bonchev–Trinajstić information content (AvgIpc) is 2.86. The fourth-order valence-corrected chi connectivity index (χ4v) is 2.21. The average molecular weight is 267 g/mol. The van der Waals surface area contributed by atoms with E-state index in [1.807, 2.05) is 0 Å². The lowest BCUT2D eigenvalue weighted by atomic mass is 10.2. The van der Waals surface area contributed by atoms with Crippen molar-refractivity contribution in [2.24, 2.45) is 0 Å². The summed E-state index contributed by atoms with van der Waals surface area (Å²) in [6, 6.07) is 6.10. The van der Waals surface area contributed by atoms with Crippen LogP contribution in [-0.4, -0.2) is 31.9 Å². The Kier molecular flexibility index (Phi) is 5.61. The van der Waals surface area contributed by atoms with Crippen molar-refractivity contribution in [2.45, 2.75) is 38.4 Å². The number of hydrogen-bond acceptors (Lipinski definition) is 3. The molecule has 1 aromatic carbocycles. The minimum atomic E-state index is -0.244. The number of benzene rings is 1. The van der Waals surface area contributed by atoms with Crippen LogP contribution in [0, 0.1) is 5.82 Å². The van der Waals surface area contributed by atoms with E-state index in [1.54, 1.807) is 12.1 Å². The van der Waals surface area contributed by atoms with Crippen molar-refractivity contribution < 1.29 is 13.9 Å². The third kappa shape index (κ3) is 4.80. The second-order valence-electron chi connectivity index (χ2n) is 4.93. The van der Waals surface area contributed by atoms with Crippen LogP contribution in [0.3, 0.4) is 0 Å². The fourth-order valence-electron chi connectivity index (χ4n) is 2.21. The zero-order valence-corrected chi connectivity index (χ0v) is 11.4. The van der Waals surface area contributed by atoms with Crippen LogP contribution in [0.1, 0.15) is 26.2 Å². The Morgan fingerprint density at radius 2 is 2.00 bits per heavy atom. The molecule has 2 atom stereocenters. The third-order valence-electron chi connectivity index (χ3n) is 3.24. The fraction of sp³-hybridized carbons (Fsp3) is 0.600. The van der Waals surface area contributed by atoms with Crippen LogP contribution >= 0.6 is 0 Å². The number of halogens is 1. The highest BCUT2D eigenvalue weighted by Crippen LogP contribution is 2.20. The monoisotopic (exact) mass is 267 g/mol. The molecule has 0 saturated carbocycles. The summed E-state index contributed by atoms with van der Waals surface area (Å²) in [5, 5.41) is 3.37. The van der Waals surface area contributed by atoms with E-state index >= 15 is 0 Å². The molecule has 19 heavy (non-hydrogen) atoms. The largest absolute Gasteiger partial charge is 0.491 e. The summed E-state index contributed by atoms with van der Waals surface area (Å²) < 4.78 is 24.2. The van der Waals surface area contributed by atoms with E-state index in [1.165, 1.54) is 12.1 Å². The molecule has 1 aromatic rings. The van der Waals surface area contributed by atoms with Gasteiger partial charge in [-0.2, -0.15) is 0 Å². The van der Waals surface area contributed by atoms with Gasteiger partial charge in [-0.1, -0.05) is 6.92 Å². The molecule has 1 aliphatic heterocycles. The highest BCUT2D eigenvalue weighted by Gasteiger charge is 2.25. The van der Waals surface area contributed by atoms with Crippen LogP contribution in [0.25, 0.3) is 0 Å². The van der Waals surface area contributed by atoms with Crippen LogP contribution in [0.15, 0.2) is 24.3 Å². The molecule has 106 valence electrons. The van der Waals surface area contributed by atoms with Gasteiger partial charge in [-0.15, -0.1) is 0 Å². The van der Waals surface area contributed by atoms with Crippen LogP contribution in [0.5, 0.6) is 5.75 Å². The first-order valence-corrected chi connectivity index (χ1v) is 7.02. The van der Waals surface area contributed by atoms with E-state index in [-0.39, 0.29) is 11.9 Å². The molecular weight excluding hydrogens is 245 g/mol. The number of nitrogens with one attached hydrogen (secondary N) is 1. The summed E-state index contributed by atoms with van der Waals surface area (Å²) in [5.41, 5.74) is 0. The van der Waals surface area contributed by atoms with Gasteiger partial charge in [0.1, 0.15) is 18.2 Å². The van der Waals surface area contributed by atoms with Crippen molar-refractivity contribution in [3.05, 3.63) is 30.1 Å². The number of rotatable bonds is 7. The van der Waals surface area contributed by atoms with Gasteiger partial charge in [0.05, 0.1) is 12.2 Å². The molecule has 0 radical (unpaired) electrons. The van der Waals surface area contributed by atoms with Crippen molar-refractivity contribution in [3.63, 3.8) is 0 Å². The maximum absolute atomic E-state index is 12.7. The Morgan fingerprint density at radius 3 is 2.74 bits per heavy atom. The molecule has 0 amide bonds. The van der Waals surface area contributed by atoms with Gasteiger partial charge in [0.25, 0.3) is 0 Å². The molecule has 1 fully saturated rings. The molecule has 3 nitrogen and oxygen atoms in total. The quantitative estimate of drug-likeness (QED) is 0.771. The zero-order chi connectivity index (χ0) is 13.5. The van der Waals surface area contributed by atoms with Gasteiger partial charge < -0.3 is 14.8 Å². The van der Waals surface area contributed by atoms with Crippen molar-refractivity contribution in [2.75, 3.05) is 19.7 Å². The molecule has 1 saturated heterocycles. The van der Waals surface area contributed by atoms with Crippen molar-refractivity contribution in [1.29, 1.82) is 0 Å². The Hall–Kier alpha value is -1.13. The molecule has 2 unspecified atom stereocenters. The Morgan fingerprint density at radius 1 is 1.26 bits per heavy atom. The van der Waals surface area contributed by atoms with E-state index in [4.69, 9.17) is 9.47 Å². The maximum atomic E-state index is 12.7. The van der Waals surface area contributed by atoms with Gasteiger partial charge in [-0.05, 0) is 50.1 Å². The zero-order valence-electron chi connectivity index (χ0n) is 11.4. The first-order chi connectivity index (χ1) is 9.28. The van der Waals surface area contributed by atoms with Gasteiger partial charge in [-0.25, -0.2) is 4.39 Å². The second-order valence-corrected chi connectivity index (χ2v) is 4.93. The maximum Gasteiger partial charge on any atom is 0.123 e. The predicted octanol–water partition coefficient (Wildman–Crippen LogP) is 2.75. The summed E-state index contributed by atoms with van der Waals surface area (Å²) in [4.78, 5) is 0. The normalized spacial score (nSPS) is 22.6. The molecule has 4 heteroatoms. The summed E-state index contributed by atoms with van der Waals surface area (Å²) in [5.74, 6) is 0.448. The van der Waals surface area contributed by atoms with Crippen molar-refractivity contribution >= 4 is 0 Å². The molecule has 0 bridgehead atoms. The number of ether oxygens (including phenoxy) is 2. The minimum absolute atomic E-state index is 0.151. The molecule has 1 N–H and O–H groups in total. The highest BCUT2D eigenvalue weighted by molar-refractivity contribution is 5.22. The highest BCUT2D eigenvalue weighted by atomic mass is 19.1. The van der Waals surface area contributed by atoms with E-state index in [2.05, 4.69) is 12.2 Å². The second kappa shape index (κ2) is 7.46. The summed E-state index contributed by atoms with van der Waals surface area (Å²) in [6.45, 7) is 4.65. The van der Waals surface area contributed by atoms with Crippen LogP contribution in [0.2, 0.25) is 0 Å². The standard InChI is InChI=1S/C15H22FNO2/c1-2-9-17-10-14-7-8-15(19-14)11-18-13-5-3-12(16)4-6-13/h3-6,14-15,17H,2,7-11H2,1H3. The lowest BCUT2D eigenvalue weighted by Gasteiger charge is -2.15. The smallest absolute Gasteiger partial charge is 0.123 e. The molecule has 0 spiro atoms. The first-order valence-electron chi connectivity index (χ1n) is 7.02.